The lowest BCUT2D eigenvalue weighted by atomic mass is 9.77. The Morgan fingerprint density at radius 1 is 1.41 bits per heavy atom. The lowest BCUT2D eigenvalue weighted by Crippen LogP contribution is -2.41. The van der Waals surface area contributed by atoms with Crippen LogP contribution >= 0.6 is 11.3 Å². The minimum Gasteiger partial charge on any atom is -0.497 e. The minimum atomic E-state index is -0.743. The molecule has 2 saturated heterocycles. The summed E-state index contributed by atoms with van der Waals surface area (Å²) in [4.78, 5) is 31.9. The maximum atomic E-state index is 13.2. The van der Waals surface area contributed by atoms with Gasteiger partial charge in [0.15, 0.2) is 5.13 Å². The van der Waals surface area contributed by atoms with Crippen LogP contribution in [0.2, 0.25) is 0 Å². The van der Waals surface area contributed by atoms with Gasteiger partial charge in [0.2, 0.25) is 11.8 Å². The van der Waals surface area contributed by atoms with Gasteiger partial charge in [0.25, 0.3) is 0 Å². The van der Waals surface area contributed by atoms with Crippen LogP contribution in [0.5, 0.6) is 5.75 Å². The van der Waals surface area contributed by atoms with E-state index in [1.54, 1.807) is 23.6 Å². The average Bonchev–Trinajstić information content (AvgIpc) is 3.44. The number of hydrogen-bond donors (Lipinski definition) is 1. The summed E-state index contributed by atoms with van der Waals surface area (Å²) < 4.78 is 11.3. The molecule has 7 nitrogen and oxygen atoms in total. The summed E-state index contributed by atoms with van der Waals surface area (Å²) in [5.41, 5.74) is 0.0242. The highest BCUT2D eigenvalue weighted by molar-refractivity contribution is 7.13. The van der Waals surface area contributed by atoms with Crippen molar-refractivity contribution in [3.63, 3.8) is 0 Å². The number of hydrogen-bond acceptors (Lipinski definition) is 6. The number of fused-ring (bicyclic) bond motifs is 1. The molecule has 0 aliphatic carbocycles. The third kappa shape index (κ3) is 2.40. The van der Waals surface area contributed by atoms with E-state index in [0.29, 0.717) is 11.7 Å². The lowest BCUT2D eigenvalue weighted by Gasteiger charge is -2.22. The summed E-state index contributed by atoms with van der Waals surface area (Å²) in [6, 6.07) is 7.31. The first kappa shape index (κ1) is 16.5. The summed E-state index contributed by atoms with van der Waals surface area (Å²) in [5, 5.41) is 5.13. The van der Waals surface area contributed by atoms with Gasteiger partial charge in [-0.3, -0.25) is 9.59 Å². The lowest BCUT2D eigenvalue weighted by molar-refractivity contribution is -0.128. The molecule has 0 unspecified atom stereocenters. The van der Waals surface area contributed by atoms with Crippen LogP contribution in [0.3, 0.4) is 0 Å². The average molecular weight is 383 g/mol. The molecule has 1 N–H and O–H groups in total. The van der Waals surface area contributed by atoms with Crippen LogP contribution in [-0.4, -0.2) is 42.2 Å². The van der Waals surface area contributed by atoms with Gasteiger partial charge in [0.1, 0.15) is 11.4 Å². The number of nitrogens with zero attached hydrogens (tertiary/aromatic N) is 2. The second-order valence-electron chi connectivity index (χ2n) is 6.85. The number of carbonyl (C=O) groups is 2. The van der Waals surface area contributed by atoms with Crippen LogP contribution in [0.25, 0.3) is 0 Å². The molecule has 2 aromatic rings. The Morgan fingerprint density at radius 3 is 2.93 bits per heavy atom. The highest BCUT2D eigenvalue weighted by atomic mass is 32.1. The SMILES string of the molecule is COc1ccc(N2C[C@@]34C=C[C@@H](O3)[C@H](C(=O)Nc3nccs3)[C@H]4C2=O)cc1. The molecule has 3 aliphatic rings. The molecule has 138 valence electrons. The number of thiazole rings is 1. The molecule has 3 aliphatic heterocycles. The number of carbonyl (C=O) groups excluding carboxylic acids is 2. The second-order valence-corrected chi connectivity index (χ2v) is 7.74. The zero-order valence-corrected chi connectivity index (χ0v) is 15.3. The largest absolute Gasteiger partial charge is 0.497 e. The Labute approximate surface area is 159 Å². The van der Waals surface area contributed by atoms with E-state index in [1.807, 2.05) is 36.4 Å². The minimum absolute atomic E-state index is 0.0914. The monoisotopic (exact) mass is 383 g/mol. The van der Waals surface area contributed by atoms with Crippen LogP contribution in [0.1, 0.15) is 0 Å². The number of rotatable bonds is 4. The summed E-state index contributed by atoms with van der Waals surface area (Å²) in [6.07, 6.45) is 5.09. The zero-order valence-electron chi connectivity index (χ0n) is 14.5. The first-order valence-corrected chi connectivity index (χ1v) is 9.52. The third-order valence-electron chi connectivity index (χ3n) is 5.45. The van der Waals surface area contributed by atoms with E-state index in [1.165, 1.54) is 11.3 Å². The van der Waals surface area contributed by atoms with Crippen molar-refractivity contribution in [2.75, 3.05) is 23.9 Å². The highest BCUT2D eigenvalue weighted by Crippen LogP contribution is 2.52. The van der Waals surface area contributed by atoms with E-state index in [4.69, 9.17) is 9.47 Å². The Bertz CT molecular complexity index is 927. The molecule has 5 rings (SSSR count). The number of aromatic nitrogens is 1. The van der Waals surface area contributed by atoms with Crippen LogP contribution in [0.15, 0.2) is 48.0 Å². The van der Waals surface area contributed by atoms with Gasteiger partial charge in [-0.05, 0) is 24.3 Å². The fraction of sp³-hybridized carbons (Fsp3) is 0.316. The summed E-state index contributed by atoms with van der Waals surface area (Å²) in [7, 11) is 1.60. The van der Waals surface area contributed by atoms with E-state index < -0.39 is 17.4 Å². The van der Waals surface area contributed by atoms with E-state index >= 15 is 0 Å². The number of ether oxygens (including phenoxy) is 2. The van der Waals surface area contributed by atoms with E-state index in [2.05, 4.69) is 10.3 Å². The number of methoxy groups -OCH3 is 1. The van der Waals surface area contributed by atoms with Crippen LogP contribution in [0, 0.1) is 11.8 Å². The molecule has 27 heavy (non-hydrogen) atoms. The van der Waals surface area contributed by atoms with Crippen molar-refractivity contribution in [3.05, 3.63) is 48.0 Å². The van der Waals surface area contributed by atoms with E-state index in [9.17, 15) is 9.59 Å². The molecular formula is C19H17N3O4S. The highest BCUT2D eigenvalue weighted by Gasteiger charge is 2.67. The Hall–Kier alpha value is -2.71. The van der Waals surface area contributed by atoms with E-state index in [0.717, 1.165) is 11.4 Å². The molecule has 4 atom stereocenters. The third-order valence-corrected chi connectivity index (χ3v) is 6.14. The smallest absolute Gasteiger partial charge is 0.234 e. The molecule has 0 saturated carbocycles. The topological polar surface area (TPSA) is 80.8 Å². The van der Waals surface area contributed by atoms with Crippen molar-refractivity contribution >= 4 is 34.0 Å². The molecule has 2 bridgehead atoms. The van der Waals surface area contributed by atoms with Crippen LogP contribution < -0.4 is 15.0 Å². The summed E-state index contributed by atoms with van der Waals surface area (Å²) in [6.45, 7) is 0.400. The predicted molar refractivity (Wildman–Crippen MR) is 99.8 cm³/mol. The normalized spacial score (nSPS) is 30.6. The van der Waals surface area contributed by atoms with Gasteiger partial charge in [-0.2, -0.15) is 0 Å². The predicted octanol–water partition coefficient (Wildman–Crippen LogP) is 2.08. The van der Waals surface area contributed by atoms with Gasteiger partial charge in [0, 0.05) is 17.3 Å². The zero-order chi connectivity index (χ0) is 18.6. The molecule has 2 amide bonds. The van der Waals surface area contributed by atoms with Crippen molar-refractivity contribution < 1.29 is 19.1 Å². The molecule has 2 fully saturated rings. The Morgan fingerprint density at radius 2 is 2.22 bits per heavy atom. The van der Waals surface area contributed by atoms with Gasteiger partial charge in [-0.25, -0.2) is 4.98 Å². The van der Waals surface area contributed by atoms with E-state index in [-0.39, 0.29) is 17.9 Å². The maximum absolute atomic E-state index is 13.2. The number of nitrogens with one attached hydrogen (secondary N) is 1. The fourth-order valence-electron chi connectivity index (χ4n) is 4.25. The number of anilines is 2. The molecule has 1 aromatic carbocycles. The van der Waals surface area contributed by atoms with Gasteiger partial charge >= 0.3 is 0 Å². The Kier molecular flexibility index (Phi) is 3.60. The van der Waals surface area contributed by atoms with Gasteiger partial charge in [-0.15, -0.1) is 11.3 Å². The van der Waals surface area contributed by atoms with Gasteiger partial charge in [0.05, 0.1) is 31.6 Å². The van der Waals surface area contributed by atoms with Crippen LogP contribution in [-0.2, 0) is 14.3 Å². The second kappa shape index (κ2) is 5.90. The van der Waals surface area contributed by atoms with Crippen molar-refractivity contribution in [1.82, 2.24) is 4.98 Å². The van der Waals surface area contributed by atoms with Crippen molar-refractivity contribution in [2.24, 2.45) is 11.8 Å². The van der Waals surface area contributed by atoms with Crippen molar-refractivity contribution in [1.29, 1.82) is 0 Å². The molecule has 8 heteroatoms. The summed E-state index contributed by atoms with van der Waals surface area (Å²) in [5.74, 6) is -0.687. The first-order valence-electron chi connectivity index (χ1n) is 8.64. The molecular weight excluding hydrogens is 366 g/mol. The Balaban J connectivity index is 1.44. The number of benzene rings is 1. The number of amides is 2. The molecule has 1 aromatic heterocycles. The molecule has 4 heterocycles. The molecule has 0 radical (unpaired) electrons. The first-order chi connectivity index (χ1) is 13.1. The fourth-order valence-corrected chi connectivity index (χ4v) is 4.78. The van der Waals surface area contributed by atoms with Gasteiger partial charge in [-0.1, -0.05) is 12.2 Å². The van der Waals surface area contributed by atoms with Crippen molar-refractivity contribution in [2.45, 2.75) is 11.7 Å². The molecule has 1 spiro atoms. The van der Waals surface area contributed by atoms with Gasteiger partial charge < -0.3 is 19.7 Å². The standard InChI is InChI=1S/C19H17N3O4S/c1-25-12-4-2-11(3-5-12)22-10-19-7-6-13(26-19)14(15(19)17(22)24)16(23)21-18-20-8-9-27-18/h2-9,13-15H,10H2,1H3,(H,20,21,23)/t13-,14+,15+,19-/m1/s1. The maximum Gasteiger partial charge on any atom is 0.234 e. The van der Waals surface area contributed by atoms with Crippen LogP contribution in [0.4, 0.5) is 10.8 Å². The summed E-state index contributed by atoms with van der Waals surface area (Å²) >= 11 is 1.35. The van der Waals surface area contributed by atoms with Crippen molar-refractivity contribution in [3.8, 4) is 5.75 Å². The quantitative estimate of drug-likeness (QED) is 0.818.